The lowest BCUT2D eigenvalue weighted by molar-refractivity contribution is 0.307. The highest BCUT2D eigenvalue weighted by Gasteiger charge is 2.20. The van der Waals surface area contributed by atoms with E-state index >= 15 is 0 Å². The van der Waals surface area contributed by atoms with Crippen molar-refractivity contribution in [2.75, 3.05) is 6.54 Å². The van der Waals surface area contributed by atoms with Crippen LogP contribution in [0, 0.1) is 0 Å². The Hall–Kier alpha value is -2.06. The zero-order valence-electron chi connectivity index (χ0n) is 11.7. The SMILES string of the molecule is CCC(CN)=C1c2ccccc2COc2ccccc21. The molecule has 2 nitrogen and oxygen atoms in total. The van der Waals surface area contributed by atoms with Crippen LogP contribution >= 0.6 is 0 Å². The molecule has 0 aliphatic carbocycles. The third kappa shape index (κ3) is 2.12. The van der Waals surface area contributed by atoms with Gasteiger partial charge in [-0.2, -0.15) is 0 Å². The molecule has 0 unspecified atom stereocenters. The highest BCUT2D eigenvalue weighted by atomic mass is 16.5. The molecular formula is C18H19NO. The normalized spacial score (nSPS) is 15.7. The van der Waals surface area contributed by atoms with E-state index in [1.807, 2.05) is 12.1 Å². The zero-order chi connectivity index (χ0) is 13.9. The number of nitrogens with two attached hydrogens (primary N) is 1. The van der Waals surface area contributed by atoms with Gasteiger partial charge in [0.1, 0.15) is 12.4 Å². The van der Waals surface area contributed by atoms with E-state index in [4.69, 9.17) is 10.5 Å². The fourth-order valence-electron chi connectivity index (χ4n) is 2.79. The molecule has 0 radical (unpaired) electrons. The van der Waals surface area contributed by atoms with E-state index in [2.05, 4.69) is 43.3 Å². The molecule has 0 saturated carbocycles. The molecule has 0 fully saturated rings. The summed E-state index contributed by atoms with van der Waals surface area (Å²) < 4.78 is 5.97. The van der Waals surface area contributed by atoms with E-state index in [0.29, 0.717) is 13.2 Å². The smallest absolute Gasteiger partial charge is 0.127 e. The molecule has 0 amide bonds. The van der Waals surface area contributed by atoms with Crippen molar-refractivity contribution in [2.45, 2.75) is 20.0 Å². The van der Waals surface area contributed by atoms with Gasteiger partial charge in [0, 0.05) is 12.1 Å². The highest BCUT2D eigenvalue weighted by molar-refractivity contribution is 5.87. The van der Waals surface area contributed by atoms with Crippen molar-refractivity contribution in [3.05, 3.63) is 70.8 Å². The van der Waals surface area contributed by atoms with E-state index < -0.39 is 0 Å². The van der Waals surface area contributed by atoms with Gasteiger partial charge in [0.2, 0.25) is 0 Å². The average molecular weight is 265 g/mol. The summed E-state index contributed by atoms with van der Waals surface area (Å²) in [6.45, 7) is 3.35. The van der Waals surface area contributed by atoms with Gasteiger partial charge in [-0.05, 0) is 34.8 Å². The molecule has 102 valence electrons. The second-order valence-corrected chi connectivity index (χ2v) is 4.98. The van der Waals surface area contributed by atoms with Crippen LogP contribution in [0.15, 0.2) is 54.1 Å². The molecule has 0 saturated heterocycles. The van der Waals surface area contributed by atoms with E-state index in [1.165, 1.54) is 22.3 Å². The molecule has 0 atom stereocenters. The second-order valence-electron chi connectivity index (χ2n) is 4.98. The summed E-state index contributed by atoms with van der Waals surface area (Å²) >= 11 is 0. The standard InChI is InChI=1S/C18H19NO/c1-2-13(11-19)18-15-8-4-3-7-14(15)12-20-17-10-6-5-9-16(17)18/h3-10H,2,11-12,19H2,1H3. The summed E-state index contributed by atoms with van der Waals surface area (Å²) in [5.41, 5.74) is 12.1. The van der Waals surface area contributed by atoms with Gasteiger partial charge in [0.25, 0.3) is 0 Å². The molecule has 2 heteroatoms. The van der Waals surface area contributed by atoms with Crippen molar-refractivity contribution in [1.29, 1.82) is 0 Å². The van der Waals surface area contributed by atoms with Gasteiger partial charge in [0.05, 0.1) is 0 Å². The largest absolute Gasteiger partial charge is 0.488 e. The van der Waals surface area contributed by atoms with Crippen LogP contribution in [0.1, 0.15) is 30.0 Å². The summed E-state index contributed by atoms with van der Waals surface area (Å²) in [7, 11) is 0. The molecule has 0 bridgehead atoms. The van der Waals surface area contributed by atoms with E-state index in [1.54, 1.807) is 0 Å². The average Bonchev–Trinajstić information content (AvgIpc) is 2.67. The molecule has 1 aliphatic heterocycles. The van der Waals surface area contributed by atoms with Crippen molar-refractivity contribution in [3.63, 3.8) is 0 Å². The third-order valence-electron chi connectivity index (χ3n) is 3.85. The van der Waals surface area contributed by atoms with Gasteiger partial charge in [-0.15, -0.1) is 0 Å². The fraction of sp³-hybridized carbons (Fsp3) is 0.222. The van der Waals surface area contributed by atoms with Crippen molar-refractivity contribution in [1.82, 2.24) is 0 Å². The highest BCUT2D eigenvalue weighted by Crippen LogP contribution is 2.38. The Balaban J connectivity index is 2.33. The van der Waals surface area contributed by atoms with Crippen LogP contribution in [0.5, 0.6) is 5.75 Å². The maximum Gasteiger partial charge on any atom is 0.127 e. The summed E-state index contributed by atoms with van der Waals surface area (Å²) in [6.07, 6.45) is 0.953. The molecule has 0 spiro atoms. The molecule has 20 heavy (non-hydrogen) atoms. The van der Waals surface area contributed by atoms with Crippen LogP contribution in [-0.4, -0.2) is 6.54 Å². The zero-order valence-corrected chi connectivity index (χ0v) is 11.7. The molecule has 2 N–H and O–H groups in total. The van der Waals surface area contributed by atoms with Crippen LogP contribution in [0.25, 0.3) is 5.57 Å². The maximum atomic E-state index is 5.98. The van der Waals surface area contributed by atoms with Crippen LogP contribution in [0.3, 0.4) is 0 Å². The minimum atomic E-state index is 0.578. The molecule has 2 aromatic carbocycles. The van der Waals surface area contributed by atoms with Gasteiger partial charge < -0.3 is 10.5 Å². The van der Waals surface area contributed by atoms with Crippen molar-refractivity contribution >= 4 is 5.57 Å². The summed E-state index contributed by atoms with van der Waals surface area (Å²) in [6, 6.07) is 16.7. The quantitative estimate of drug-likeness (QED) is 0.897. The minimum Gasteiger partial charge on any atom is -0.488 e. The monoisotopic (exact) mass is 265 g/mol. The van der Waals surface area contributed by atoms with Crippen LogP contribution < -0.4 is 10.5 Å². The number of para-hydroxylation sites is 1. The predicted octanol–water partition coefficient (Wildman–Crippen LogP) is 3.75. The predicted molar refractivity (Wildman–Crippen MR) is 82.6 cm³/mol. The Kier molecular flexibility index (Phi) is 3.57. The van der Waals surface area contributed by atoms with E-state index in [-0.39, 0.29) is 0 Å². The Bertz CT molecular complexity index is 602. The van der Waals surface area contributed by atoms with Crippen molar-refractivity contribution in [2.24, 2.45) is 5.73 Å². The third-order valence-corrected chi connectivity index (χ3v) is 3.85. The first-order chi connectivity index (χ1) is 9.85. The minimum absolute atomic E-state index is 0.578. The van der Waals surface area contributed by atoms with E-state index in [0.717, 1.165) is 17.7 Å². The van der Waals surface area contributed by atoms with Crippen molar-refractivity contribution in [3.8, 4) is 5.75 Å². The van der Waals surface area contributed by atoms with Crippen LogP contribution in [-0.2, 0) is 6.61 Å². The summed E-state index contributed by atoms with van der Waals surface area (Å²) in [4.78, 5) is 0. The number of rotatable bonds is 2. The van der Waals surface area contributed by atoms with Gasteiger partial charge in [-0.25, -0.2) is 0 Å². The number of hydrogen-bond donors (Lipinski definition) is 1. The van der Waals surface area contributed by atoms with E-state index in [9.17, 15) is 0 Å². The molecule has 3 rings (SSSR count). The van der Waals surface area contributed by atoms with Gasteiger partial charge in [-0.1, -0.05) is 49.4 Å². The first-order valence-corrected chi connectivity index (χ1v) is 7.07. The molecule has 1 aliphatic rings. The lowest BCUT2D eigenvalue weighted by atomic mass is 9.89. The first-order valence-electron chi connectivity index (χ1n) is 7.07. The number of ether oxygens (including phenoxy) is 1. The number of fused-ring (bicyclic) bond motifs is 2. The fourth-order valence-corrected chi connectivity index (χ4v) is 2.79. The molecular weight excluding hydrogens is 246 g/mol. The maximum absolute atomic E-state index is 5.98. The number of benzene rings is 2. The Morgan fingerprint density at radius 1 is 1.05 bits per heavy atom. The molecule has 2 aromatic rings. The first kappa shape index (κ1) is 12.9. The van der Waals surface area contributed by atoms with Gasteiger partial charge in [-0.3, -0.25) is 0 Å². The second kappa shape index (κ2) is 5.51. The molecule has 0 aromatic heterocycles. The van der Waals surface area contributed by atoms with Crippen LogP contribution in [0.2, 0.25) is 0 Å². The Morgan fingerprint density at radius 3 is 2.50 bits per heavy atom. The number of hydrogen-bond acceptors (Lipinski definition) is 2. The van der Waals surface area contributed by atoms with Gasteiger partial charge >= 0.3 is 0 Å². The Labute approximate surface area is 119 Å². The molecule has 1 heterocycles. The topological polar surface area (TPSA) is 35.2 Å². The van der Waals surface area contributed by atoms with Crippen LogP contribution in [0.4, 0.5) is 0 Å². The van der Waals surface area contributed by atoms with Crippen molar-refractivity contribution < 1.29 is 4.74 Å². The lowest BCUT2D eigenvalue weighted by Crippen LogP contribution is -2.06. The summed E-state index contributed by atoms with van der Waals surface area (Å²) in [5, 5.41) is 0. The Morgan fingerprint density at radius 2 is 1.75 bits per heavy atom. The summed E-state index contributed by atoms with van der Waals surface area (Å²) in [5.74, 6) is 0.943. The lowest BCUT2D eigenvalue weighted by Gasteiger charge is -2.15. The van der Waals surface area contributed by atoms with Gasteiger partial charge in [0.15, 0.2) is 0 Å².